The lowest BCUT2D eigenvalue weighted by Gasteiger charge is -2.29. The van der Waals surface area contributed by atoms with E-state index in [1.165, 1.54) is 4.90 Å². The molecule has 1 aliphatic heterocycles. The molecule has 8 heteroatoms. The van der Waals surface area contributed by atoms with Crippen molar-refractivity contribution in [2.75, 3.05) is 38.6 Å². The molecular formula is C19H26N4O4. The minimum absolute atomic E-state index is 0.0562. The number of anilines is 1. The number of carbonyl (C=O) groups is 3. The quantitative estimate of drug-likeness (QED) is 0.664. The van der Waals surface area contributed by atoms with Gasteiger partial charge < -0.3 is 25.5 Å². The molecule has 1 aromatic rings. The topological polar surface area (TPSA) is 102 Å². The smallest absolute Gasteiger partial charge is 0.251 e. The molecule has 1 aliphatic carbocycles. The Bertz CT molecular complexity index is 719. The van der Waals surface area contributed by atoms with E-state index in [-0.39, 0.29) is 30.2 Å². The highest BCUT2D eigenvalue weighted by Gasteiger charge is 2.40. The number of benzene rings is 1. The van der Waals surface area contributed by atoms with Gasteiger partial charge in [0.1, 0.15) is 0 Å². The molecule has 0 aromatic heterocycles. The summed E-state index contributed by atoms with van der Waals surface area (Å²) < 4.78 is 0. The van der Waals surface area contributed by atoms with E-state index >= 15 is 0 Å². The molecule has 0 radical (unpaired) electrons. The Balaban J connectivity index is 1.58. The third-order valence-electron chi connectivity index (χ3n) is 5.19. The molecule has 2 fully saturated rings. The molecular weight excluding hydrogens is 348 g/mol. The maximum Gasteiger partial charge on any atom is 0.251 e. The summed E-state index contributed by atoms with van der Waals surface area (Å²) >= 11 is 0. The Kier molecular flexibility index (Phi) is 5.65. The summed E-state index contributed by atoms with van der Waals surface area (Å²) in [4.78, 5) is 40.0. The zero-order valence-corrected chi connectivity index (χ0v) is 15.6. The highest BCUT2D eigenvalue weighted by atomic mass is 16.3. The van der Waals surface area contributed by atoms with Gasteiger partial charge in [-0.25, -0.2) is 0 Å². The number of aliphatic hydroxyl groups is 1. The van der Waals surface area contributed by atoms with Gasteiger partial charge in [0.15, 0.2) is 0 Å². The van der Waals surface area contributed by atoms with Crippen molar-refractivity contribution in [3.05, 3.63) is 29.8 Å². The predicted molar refractivity (Wildman–Crippen MR) is 100 cm³/mol. The first-order chi connectivity index (χ1) is 12.8. The molecule has 0 spiro atoms. The molecule has 146 valence electrons. The molecule has 0 bridgehead atoms. The van der Waals surface area contributed by atoms with Crippen molar-refractivity contribution >= 4 is 23.4 Å². The molecule has 3 rings (SSSR count). The molecule has 0 unspecified atom stereocenters. The summed E-state index contributed by atoms with van der Waals surface area (Å²) in [6, 6.07) is 6.71. The fraction of sp³-hybridized carbons (Fsp3) is 0.526. The Morgan fingerprint density at radius 2 is 1.93 bits per heavy atom. The number of rotatable bonds is 4. The average Bonchev–Trinajstić information content (AvgIpc) is 3.01. The Morgan fingerprint density at radius 1 is 1.22 bits per heavy atom. The van der Waals surface area contributed by atoms with Crippen LogP contribution in [0, 0.1) is 5.92 Å². The Labute approximate surface area is 158 Å². The van der Waals surface area contributed by atoms with Crippen LogP contribution in [0.4, 0.5) is 5.69 Å². The molecule has 27 heavy (non-hydrogen) atoms. The number of hydrogen-bond donors (Lipinski definition) is 3. The predicted octanol–water partition coefficient (Wildman–Crippen LogP) is -0.420. The monoisotopic (exact) mass is 374 g/mol. The molecule has 1 heterocycles. The van der Waals surface area contributed by atoms with Crippen LogP contribution in [0.1, 0.15) is 23.2 Å². The maximum absolute atomic E-state index is 12.6. The SMILES string of the molecule is CN(C)c1ccc(C(=O)N[C@@H]2C[C@H](C(=O)N3CCNC(=O)C3)C[C@H]2O)cc1. The van der Waals surface area contributed by atoms with Crippen LogP contribution in [0.3, 0.4) is 0 Å². The average molecular weight is 374 g/mol. The lowest BCUT2D eigenvalue weighted by molar-refractivity contribution is -0.141. The van der Waals surface area contributed by atoms with Crippen molar-refractivity contribution in [1.29, 1.82) is 0 Å². The largest absolute Gasteiger partial charge is 0.391 e. The second kappa shape index (κ2) is 7.96. The van der Waals surface area contributed by atoms with Crippen molar-refractivity contribution in [2.24, 2.45) is 5.92 Å². The van der Waals surface area contributed by atoms with Crippen molar-refractivity contribution < 1.29 is 19.5 Å². The van der Waals surface area contributed by atoms with Gasteiger partial charge in [-0.3, -0.25) is 14.4 Å². The van der Waals surface area contributed by atoms with Gasteiger partial charge in [0.2, 0.25) is 11.8 Å². The van der Waals surface area contributed by atoms with Crippen LogP contribution in [-0.4, -0.2) is 73.6 Å². The van der Waals surface area contributed by atoms with E-state index in [0.29, 0.717) is 31.5 Å². The Morgan fingerprint density at radius 3 is 2.56 bits per heavy atom. The second-order valence-corrected chi connectivity index (χ2v) is 7.37. The minimum atomic E-state index is -0.775. The number of nitrogens with zero attached hydrogens (tertiary/aromatic N) is 2. The van der Waals surface area contributed by atoms with Crippen LogP contribution >= 0.6 is 0 Å². The fourth-order valence-electron chi connectivity index (χ4n) is 3.62. The first-order valence-electron chi connectivity index (χ1n) is 9.17. The zero-order valence-electron chi connectivity index (χ0n) is 15.6. The van der Waals surface area contributed by atoms with E-state index in [0.717, 1.165) is 5.69 Å². The third-order valence-corrected chi connectivity index (χ3v) is 5.19. The number of amides is 3. The number of hydrogen-bond acceptors (Lipinski definition) is 5. The van der Waals surface area contributed by atoms with Gasteiger partial charge >= 0.3 is 0 Å². The molecule has 2 aliphatic rings. The van der Waals surface area contributed by atoms with E-state index in [1.807, 2.05) is 31.1 Å². The van der Waals surface area contributed by atoms with E-state index in [4.69, 9.17) is 0 Å². The van der Waals surface area contributed by atoms with Crippen molar-refractivity contribution in [3.8, 4) is 0 Å². The van der Waals surface area contributed by atoms with Crippen LogP contribution < -0.4 is 15.5 Å². The second-order valence-electron chi connectivity index (χ2n) is 7.37. The first kappa shape index (κ1) is 19.2. The summed E-state index contributed by atoms with van der Waals surface area (Å²) in [5, 5.41) is 15.8. The van der Waals surface area contributed by atoms with Crippen molar-refractivity contribution in [1.82, 2.24) is 15.5 Å². The number of carbonyl (C=O) groups excluding carboxylic acids is 3. The summed E-state index contributed by atoms with van der Waals surface area (Å²) in [7, 11) is 3.85. The van der Waals surface area contributed by atoms with Crippen LogP contribution in [-0.2, 0) is 9.59 Å². The van der Waals surface area contributed by atoms with E-state index in [1.54, 1.807) is 12.1 Å². The van der Waals surface area contributed by atoms with Gasteiger partial charge in [0.05, 0.1) is 18.7 Å². The van der Waals surface area contributed by atoms with Crippen LogP contribution in [0.15, 0.2) is 24.3 Å². The lowest BCUT2D eigenvalue weighted by Crippen LogP contribution is -2.51. The zero-order chi connectivity index (χ0) is 19.6. The maximum atomic E-state index is 12.6. The van der Waals surface area contributed by atoms with Crippen LogP contribution in [0.5, 0.6) is 0 Å². The van der Waals surface area contributed by atoms with Crippen molar-refractivity contribution in [3.63, 3.8) is 0 Å². The van der Waals surface area contributed by atoms with E-state index in [9.17, 15) is 19.5 Å². The Hall–Kier alpha value is -2.61. The van der Waals surface area contributed by atoms with Crippen molar-refractivity contribution in [2.45, 2.75) is 25.0 Å². The van der Waals surface area contributed by atoms with Crippen LogP contribution in [0.2, 0.25) is 0 Å². The van der Waals surface area contributed by atoms with Gasteiger partial charge in [-0.2, -0.15) is 0 Å². The summed E-state index contributed by atoms with van der Waals surface area (Å²) in [5.41, 5.74) is 1.50. The molecule has 1 saturated carbocycles. The fourth-order valence-corrected chi connectivity index (χ4v) is 3.62. The molecule has 3 atom stereocenters. The van der Waals surface area contributed by atoms with E-state index < -0.39 is 12.1 Å². The summed E-state index contributed by atoms with van der Waals surface area (Å²) in [6.45, 7) is 0.982. The number of aliphatic hydroxyl groups excluding tert-OH is 1. The highest BCUT2D eigenvalue weighted by Crippen LogP contribution is 2.28. The third kappa shape index (κ3) is 4.39. The number of nitrogens with one attached hydrogen (secondary N) is 2. The van der Waals surface area contributed by atoms with Gasteiger partial charge in [-0.05, 0) is 37.1 Å². The molecule has 8 nitrogen and oxygen atoms in total. The molecule has 3 amide bonds. The van der Waals surface area contributed by atoms with E-state index in [2.05, 4.69) is 10.6 Å². The standard InChI is InChI=1S/C19H26N4O4/c1-22(2)14-5-3-12(4-6-14)18(26)21-15-9-13(10-16(15)24)19(27)23-8-7-20-17(25)11-23/h3-6,13,15-16,24H,7-11H2,1-2H3,(H,20,25)(H,21,26)/t13-,15+,16+/m0/s1. The van der Waals surface area contributed by atoms with Crippen LogP contribution in [0.25, 0.3) is 0 Å². The summed E-state index contributed by atoms with van der Waals surface area (Å²) in [5.74, 6) is -0.947. The van der Waals surface area contributed by atoms with Gasteiger partial charge in [0, 0.05) is 44.4 Å². The van der Waals surface area contributed by atoms with Gasteiger partial charge in [0.25, 0.3) is 5.91 Å². The molecule has 3 N–H and O–H groups in total. The minimum Gasteiger partial charge on any atom is -0.391 e. The highest BCUT2D eigenvalue weighted by molar-refractivity contribution is 5.95. The summed E-state index contributed by atoms with van der Waals surface area (Å²) in [6.07, 6.45) is -0.108. The first-order valence-corrected chi connectivity index (χ1v) is 9.17. The molecule has 1 saturated heterocycles. The normalized spacial score (nSPS) is 25.1. The van der Waals surface area contributed by atoms with Gasteiger partial charge in [-0.15, -0.1) is 0 Å². The molecule has 1 aromatic carbocycles. The lowest BCUT2D eigenvalue weighted by atomic mass is 10.1. The van der Waals surface area contributed by atoms with Gasteiger partial charge in [-0.1, -0.05) is 0 Å². The number of piperazine rings is 1.